The summed E-state index contributed by atoms with van der Waals surface area (Å²) in [5.41, 5.74) is 3.73. The number of halogens is 1. The maximum absolute atomic E-state index is 12.5. The summed E-state index contributed by atoms with van der Waals surface area (Å²) < 4.78 is 1.70. The zero-order valence-electron chi connectivity index (χ0n) is 20.9. The minimum absolute atomic E-state index is 0.00580. The number of nitro groups is 1. The lowest BCUT2D eigenvalue weighted by molar-refractivity contribution is -0.387. The number of carbonyl (C=O) groups is 1. The Balaban J connectivity index is 1.25. The van der Waals surface area contributed by atoms with E-state index >= 15 is 0 Å². The van der Waals surface area contributed by atoms with E-state index in [2.05, 4.69) is 20.3 Å². The van der Waals surface area contributed by atoms with Gasteiger partial charge in [0.25, 0.3) is 5.69 Å². The Morgan fingerprint density at radius 2 is 2.02 bits per heavy atom. The van der Waals surface area contributed by atoms with E-state index in [0.717, 1.165) is 20.1 Å². The number of thioether (sulfide) groups is 1. The number of pyridine rings is 1. The highest BCUT2D eigenvalue weighted by Crippen LogP contribution is 2.35. The maximum Gasteiger partial charge on any atom is 0.283 e. The Bertz CT molecular complexity index is 1740. The topological polar surface area (TPSA) is 110 Å². The van der Waals surface area contributed by atoms with Crippen molar-refractivity contribution in [3.05, 3.63) is 105 Å². The van der Waals surface area contributed by atoms with Crippen LogP contribution < -0.4 is 5.32 Å². The molecule has 0 unspecified atom stereocenters. The minimum Gasteiger partial charge on any atom is -0.325 e. The van der Waals surface area contributed by atoms with E-state index in [4.69, 9.17) is 11.6 Å². The van der Waals surface area contributed by atoms with Crippen LogP contribution in [0, 0.1) is 17.0 Å². The van der Waals surface area contributed by atoms with Gasteiger partial charge >= 0.3 is 0 Å². The van der Waals surface area contributed by atoms with Crippen molar-refractivity contribution in [1.29, 1.82) is 0 Å². The van der Waals surface area contributed by atoms with Crippen molar-refractivity contribution >= 4 is 85.9 Å². The van der Waals surface area contributed by atoms with Crippen molar-refractivity contribution in [2.24, 2.45) is 4.99 Å². The highest BCUT2D eigenvalue weighted by molar-refractivity contribution is 8.01. The normalized spacial score (nSPS) is 11.2. The van der Waals surface area contributed by atoms with Crippen LogP contribution >= 0.6 is 46.5 Å². The van der Waals surface area contributed by atoms with Gasteiger partial charge < -0.3 is 5.32 Å². The molecule has 8 nitrogen and oxygen atoms in total. The van der Waals surface area contributed by atoms with Crippen LogP contribution in [-0.2, 0) is 4.79 Å². The van der Waals surface area contributed by atoms with Crippen LogP contribution in [0.2, 0.25) is 5.02 Å². The molecule has 200 valence electrons. The quantitative estimate of drug-likeness (QED) is 0.0780. The summed E-state index contributed by atoms with van der Waals surface area (Å²) in [7, 11) is 0. The van der Waals surface area contributed by atoms with Gasteiger partial charge in [-0.25, -0.2) is 9.97 Å². The van der Waals surface area contributed by atoms with E-state index in [1.54, 1.807) is 48.8 Å². The van der Waals surface area contributed by atoms with Crippen molar-refractivity contribution in [3.8, 4) is 0 Å². The molecule has 0 radical (unpaired) electrons. The number of hydrogen-bond donors (Lipinski definition) is 1. The van der Waals surface area contributed by atoms with E-state index in [-0.39, 0.29) is 17.3 Å². The summed E-state index contributed by atoms with van der Waals surface area (Å²) >= 11 is 10.1. The van der Waals surface area contributed by atoms with Crippen LogP contribution in [0.4, 0.5) is 17.1 Å². The molecular formula is C28H20ClN5O3S3. The number of nitro benzene ring substituents is 1. The third-order valence-corrected chi connectivity index (χ3v) is 8.96. The van der Waals surface area contributed by atoms with Crippen molar-refractivity contribution in [2.75, 3.05) is 11.1 Å². The zero-order valence-corrected chi connectivity index (χ0v) is 24.1. The van der Waals surface area contributed by atoms with Crippen molar-refractivity contribution in [1.82, 2.24) is 9.97 Å². The molecule has 0 saturated heterocycles. The number of rotatable bonds is 9. The average molecular weight is 606 g/mol. The molecule has 0 atom stereocenters. The molecule has 0 spiro atoms. The number of nitrogens with one attached hydrogen (secondary N) is 1. The van der Waals surface area contributed by atoms with Gasteiger partial charge in [-0.1, -0.05) is 53.3 Å². The number of nitrogens with zero attached hydrogens (tertiary/aromatic N) is 4. The first kappa shape index (κ1) is 27.8. The number of aromatic nitrogens is 2. The van der Waals surface area contributed by atoms with Crippen LogP contribution in [0.5, 0.6) is 0 Å². The van der Waals surface area contributed by atoms with Gasteiger partial charge in [0.2, 0.25) is 5.91 Å². The molecule has 0 bridgehead atoms. The van der Waals surface area contributed by atoms with Gasteiger partial charge in [0.05, 0.1) is 31.5 Å². The first-order valence-electron chi connectivity index (χ1n) is 11.8. The summed E-state index contributed by atoms with van der Waals surface area (Å²) in [5.74, 6) is 0.0722. The van der Waals surface area contributed by atoms with Crippen LogP contribution in [0.1, 0.15) is 11.1 Å². The number of fused-ring (bicyclic) bond motifs is 1. The smallest absolute Gasteiger partial charge is 0.283 e. The first-order chi connectivity index (χ1) is 19.3. The molecular weight excluding hydrogens is 586 g/mol. The van der Waals surface area contributed by atoms with Gasteiger partial charge in [-0.15, -0.1) is 11.3 Å². The van der Waals surface area contributed by atoms with Crippen molar-refractivity contribution in [3.63, 3.8) is 0 Å². The Labute approximate surface area is 247 Å². The van der Waals surface area contributed by atoms with E-state index < -0.39 is 4.92 Å². The third kappa shape index (κ3) is 7.05. The predicted molar refractivity (Wildman–Crippen MR) is 164 cm³/mol. The number of benzene rings is 3. The minimum atomic E-state index is -0.401. The molecule has 2 aromatic heterocycles. The fourth-order valence-corrected chi connectivity index (χ4v) is 6.52. The Morgan fingerprint density at radius 3 is 2.83 bits per heavy atom. The molecule has 5 rings (SSSR count). The fourth-order valence-electron chi connectivity index (χ4n) is 3.59. The molecule has 1 amide bonds. The molecule has 5 aromatic rings. The largest absolute Gasteiger partial charge is 0.325 e. The lowest BCUT2D eigenvalue weighted by Crippen LogP contribution is -2.14. The molecule has 12 heteroatoms. The second kappa shape index (κ2) is 12.6. The van der Waals surface area contributed by atoms with Crippen molar-refractivity contribution in [2.45, 2.75) is 21.2 Å². The second-order valence-corrected chi connectivity index (χ2v) is 12.2. The lowest BCUT2D eigenvalue weighted by Gasteiger charge is -2.08. The number of aliphatic imine (C=N–C) groups is 1. The monoisotopic (exact) mass is 605 g/mol. The van der Waals surface area contributed by atoms with Crippen LogP contribution in [0.3, 0.4) is 0 Å². The molecule has 40 heavy (non-hydrogen) atoms. The molecule has 3 aromatic carbocycles. The summed E-state index contributed by atoms with van der Waals surface area (Å²) in [5, 5.41) is 15.8. The Hall–Kier alpha value is -3.77. The summed E-state index contributed by atoms with van der Waals surface area (Å²) in [6, 6.07) is 21.4. The van der Waals surface area contributed by atoms with Gasteiger partial charge in [0.1, 0.15) is 5.03 Å². The number of thiazole rings is 1. The Morgan fingerprint density at radius 1 is 1.15 bits per heavy atom. The SMILES string of the molecule is Cc1ccc(Cl)cc1NC(=O)CSc1nc2ccc(N=Cc3ccc(Sc4ccccn4)c([N+](=O)[O-])c3)cc2s1. The number of aryl methyl sites for hydroxylation is 1. The number of amides is 1. The number of carbonyl (C=O) groups excluding carboxylic acids is 1. The van der Waals surface area contributed by atoms with Crippen LogP contribution in [-0.4, -0.2) is 32.8 Å². The zero-order chi connectivity index (χ0) is 28.1. The maximum atomic E-state index is 12.5. The second-order valence-electron chi connectivity index (χ2n) is 8.44. The summed E-state index contributed by atoms with van der Waals surface area (Å²) in [6.07, 6.45) is 3.25. The summed E-state index contributed by atoms with van der Waals surface area (Å²) in [6.45, 7) is 1.91. The van der Waals surface area contributed by atoms with Gasteiger partial charge in [-0.3, -0.25) is 19.9 Å². The highest BCUT2D eigenvalue weighted by atomic mass is 35.5. The fraction of sp³-hybridized carbons (Fsp3) is 0.0714. The third-order valence-electron chi connectivity index (χ3n) is 5.55. The van der Waals surface area contributed by atoms with Crippen LogP contribution in [0.15, 0.2) is 98.2 Å². The molecule has 0 aliphatic rings. The van der Waals surface area contributed by atoms with Gasteiger partial charge in [-0.05, 0) is 66.6 Å². The molecule has 0 aliphatic heterocycles. The first-order valence-corrected chi connectivity index (χ1v) is 14.8. The van der Waals surface area contributed by atoms with E-state index in [9.17, 15) is 14.9 Å². The Kier molecular flexibility index (Phi) is 8.75. The highest BCUT2D eigenvalue weighted by Gasteiger charge is 2.16. The summed E-state index contributed by atoms with van der Waals surface area (Å²) in [4.78, 5) is 37.6. The molecule has 2 heterocycles. The molecule has 0 fully saturated rings. The van der Waals surface area contributed by atoms with E-state index in [1.165, 1.54) is 40.9 Å². The average Bonchev–Trinajstić information content (AvgIpc) is 3.36. The van der Waals surface area contributed by atoms with Crippen LogP contribution in [0.25, 0.3) is 10.2 Å². The number of anilines is 1. The standard InChI is InChI=1S/C28H20ClN5O3S3/c1-17-5-7-19(29)13-22(17)32-26(35)16-38-28-33-21-9-8-20(14-25(21)40-28)31-15-18-6-10-24(23(12-18)34(36)37)39-27-4-2-3-11-30-27/h2-15H,16H2,1H3,(H,32,35). The van der Waals surface area contributed by atoms with E-state index in [0.29, 0.717) is 31.9 Å². The lowest BCUT2D eigenvalue weighted by atomic mass is 10.2. The molecule has 0 saturated carbocycles. The van der Waals surface area contributed by atoms with Gasteiger partial charge in [0, 0.05) is 29.2 Å². The van der Waals surface area contributed by atoms with E-state index in [1.807, 2.05) is 37.3 Å². The predicted octanol–water partition coefficient (Wildman–Crippen LogP) is 8.19. The van der Waals surface area contributed by atoms with Crippen molar-refractivity contribution < 1.29 is 9.72 Å². The van der Waals surface area contributed by atoms with Gasteiger partial charge in [-0.2, -0.15) is 0 Å². The molecule has 0 aliphatic carbocycles. The number of hydrogen-bond acceptors (Lipinski definition) is 9. The molecule has 1 N–H and O–H groups in total. The van der Waals surface area contributed by atoms with Gasteiger partial charge in [0.15, 0.2) is 4.34 Å².